The Balaban J connectivity index is 1.91. The molecule has 0 saturated heterocycles. The Hall–Kier alpha value is -3.00. The first-order chi connectivity index (χ1) is 15.0. The van der Waals surface area contributed by atoms with Crippen LogP contribution in [0.3, 0.4) is 0 Å². The van der Waals surface area contributed by atoms with Crippen molar-refractivity contribution in [3.63, 3.8) is 0 Å². The van der Waals surface area contributed by atoms with Gasteiger partial charge in [-0.2, -0.15) is 18.2 Å². The monoisotopic (exact) mass is 463 g/mol. The van der Waals surface area contributed by atoms with Crippen LogP contribution < -0.4 is 5.69 Å². The second kappa shape index (κ2) is 9.65. The molecule has 0 unspecified atom stereocenters. The third-order valence-electron chi connectivity index (χ3n) is 4.74. The Kier molecular flexibility index (Phi) is 7.13. The molecule has 1 N–H and O–H groups in total. The van der Waals surface area contributed by atoms with Crippen LogP contribution in [0.5, 0.6) is 0 Å². The van der Waals surface area contributed by atoms with E-state index in [4.69, 9.17) is 11.6 Å². The molecule has 5 nitrogen and oxygen atoms in total. The molecule has 0 atom stereocenters. The van der Waals surface area contributed by atoms with Gasteiger partial charge in [0.2, 0.25) is 0 Å². The highest BCUT2D eigenvalue weighted by atomic mass is 35.5. The molecular formula is C23H21ClF3N3O2. The molecule has 2 aromatic carbocycles. The minimum Gasteiger partial charge on any atom is -0.300 e. The molecule has 0 aliphatic heterocycles. The molecule has 3 aromatic rings. The molecule has 0 fully saturated rings. The number of H-pyrrole nitrogens is 1. The van der Waals surface area contributed by atoms with Crippen LogP contribution in [0.1, 0.15) is 37.8 Å². The fourth-order valence-corrected chi connectivity index (χ4v) is 3.41. The summed E-state index contributed by atoms with van der Waals surface area (Å²) in [7, 11) is 0. The number of hydrogen-bond donors (Lipinski definition) is 1. The number of halogens is 4. The zero-order chi connectivity index (χ0) is 23.5. The lowest BCUT2D eigenvalue weighted by Crippen LogP contribution is -2.14. The average molecular weight is 464 g/mol. The lowest BCUT2D eigenvalue weighted by Gasteiger charge is -2.10. The van der Waals surface area contributed by atoms with Crippen molar-refractivity contribution in [3.05, 3.63) is 69.1 Å². The van der Waals surface area contributed by atoms with E-state index in [1.54, 1.807) is 18.2 Å². The molecule has 168 valence electrons. The molecule has 32 heavy (non-hydrogen) atoms. The molecule has 0 spiro atoms. The summed E-state index contributed by atoms with van der Waals surface area (Å²) < 4.78 is 38.4. The number of nitrogens with zero attached hydrogens (tertiary/aromatic N) is 2. The van der Waals surface area contributed by atoms with Gasteiger partial charge in [0.15, 0.2) is 5.82 Å². The first-order valence-electron chi connectivity index (χ1n) is 9.99. The predicted octanol–water partition coefficient (Wildman–Crippen LogP) is 5.72. The highest BCUT2D eigenvalue weighted by molar-refractivity contribution is 6.33. The van der Waals surface area contributed by atoms with Crippen LogP contribution in [-0.2, 0) is 17.4 Å². The van der Waals surface area contributed by atoms with E-state index in [0.29, 0.717) is 29.8 Å². The highest BCUT2D eigenvalue weighted by Crippen LogP contribution is 2.31. The maximum absolute atomic E-state index is 12.8. The zero-order valence-corrected chi connectivity index (χ0v) is 18.2. The molecule has 1 aromatic heterocycles. The maximum atomic E-state index is 12.8. The minimum atomic E-state index is -4.47. The van der Waals surface area contributed by atoms with Crippen LogP contribution >= 0.6 is 11.6 Å². The van der Waals surface area contributed by atoms with Gasteiger partial charge in [-0.25, -0.2) is 9.78 Å². The van der Waals surface area contributed by atoms with Crippen molar-refractivity contribution in [1.82, 2.24) is 15.0 Å². The van der Waals surface area contributed by atoms with Gasteiger partial charge in [0.1, 0.15) is 11.6 Å². The zero-order valence-electron chi connectivity index (χ0n) is 17.5. The van der Waals surface area contributed by atoms with Crippen molar-refractivity contribution >= 4 is 17.4 Å². The van der Waals surface area contributed by atoms with Crippen molar-refractivity contribution in [2.75, 3.05) is 0 Å². The van der Waals surface area contributed by atoms with Gasteiger partial charge in [0, 0.05) is 24.0 Å². The minimum absolute atomic E-state index is 0.0222. The van der Waals surface area contributed by atoms with E-state index in [1.165, 1.54) is 12.1 Å². The average Bonchev–Trinajstić information content (AvgIpc) is 2.71. The summed E-state index contributed by atoms with van der Waals surface area (Å²) in [5.41, 5.74) is 0.0228. The smallest absolute Gasteiger partial charge is 0.300 e. The van der Waals surface area contributed by atoms with E-state index in [1.807, 2.05) is 13.8 Å². The number of nitrogens with one attached hydrogen (secondary N) is 1. The van der Waals surface area contributed by atoms with Crippen molar-refractivity contribution in [3.8, 4) is 22.8 Å². The third-order valence-corrected chi connectivity index (χ3v) is 5.06. The third kappa shape index (κ3) is 6.03. The van der Waals surface area contributed by atoms with E-state index in [2.05, 4.69) is 15.0 Å². The fourth-order valence-electron chi connectivity index (χ4n) is 3.20. The second-order valence-electron chi connectivity index (χ2n) is 7.85. The predicted molar refractivity (Wildman–Crippen MR) is 116 cm³/mol. The molecule has 9 heteroatoms. The number of hydrogen-bond acceptors (Lipinski definition) is 4. The van der Waals surface area contributed by atoms with Gasteiger partial charge in [-0.15, -0.1) is 0 Å². The van der Waals surface area contributed by atoms with E-state index in [9.17, 15) is 22.8 Å². The number of benzene rings is 2. The van der Waals surface area contributed by atoms with Crippen LogP contribution in [0.15, 0.2) is 47.3 Å². The quantitative estimate of drug-likeness (QED) is 0.486. The largest absolute Gasteiger partial charge is 0.416 e. The molecule has 0 aliphatic carbocycles. The van der Waals surface area contributed by atoms with E-state index < -0.39 is 17.4 Å². The molecule has 0 aliphatic rings. The Bertz CT molecular complexity index is 1170. The fraction of sp³-hybridized carbons (Fsp3) is 0.304. The molecule has 0 radical (unpaired) electrons. The number of ketones is 1. The standard InChI is InChI=1S/C23H21ClF3N3O2/c1-13(2)11-17(31)9-3-14-4-10-19(24)18(12-14)21-28-20(29-22(32)30-21)15-5-7-16(8-6-15)23(25,26)27/h4-8,10,12-13H,3,9,11H2,1-2H3,(H,28,29,30,32). The lowest BCUT2D eigenvalue weighted by molar-refractivity contribution is -0.137. The van der Waals surface area contributed by atoms with Crippen molar-refractivity contribution in [2.24, 2.45) is 5.92 Å². The summed E-state index contributed by atoms with van der Waals surface area (Å²) in [6.45, 7) is 3.97. The number of aryl methyl sites for hydroxylation is 1. The number of carbonyl (C=O) groups excluding carboxylic acids is 1. The number of aromatic nitrogens is 3. The van der Waals surface area contributed by atoms with Gasteiger partial charge < -0.3 is 0 Å². The number of carbonyl (C=O) groups is 1. The second-order valence-corrected chi connectivity index (χ2v) is 8.26. The van der Waals surface area contributed by atoms with Crippen molar-refractivity contribution in [2.45, 2.75) is 39.3 Å². The van der Waals surface area contributed by atoms with E-state index in [0.717, 1.165) is 17.7 Å². The molecule has 0 bridgehead atoms. The molecule has 1 heterocycles. The van der Waals surface area contributed by atoms with Crippen molar-refractivity contribution < 1.29 is 18.0 Å². The van der Waals surface area contributed by atoms with E-state index >= 15 is 0 Å². The van der Waals surface area contributed by atoms with Crippen LogP contribution in [-0.4, -0.2) is 20.7 Å². The summed E-state index contributed by atoms with van der Waals surface area (Å²) in [6.07, 6.45) is -3.06. The highest BCUT2D eigenvalue weighted by Gasteiger charge is 2.30. The summed E-state index contributed by atoms with van der Waals surface area (Å²) in [5.74, 6) is 0.570. The molecule has 3 rings (SSSR count). The van der Waals surface area contributed by atoms with Gasteiger partial charge in [0.05, 0.1) is 10.6 Å². The van der Waals surface area contributed by atoms with Gasteiger partial charge in [-0.05, 0) is 42.2 Å². The number of aromatic amines is 1. The first kappa shape index (κ1) is 23.7. The Labute approximate surface area is 187 Å². The first-order valence-corrected chi connectivity index (χ1v) is 10.4. The number of alkyl halides is 3. The lowest BCUT2D eigenvalue weighted by atomic mass is 10.00. The van der Waals surface area contributed by atoms with Crippen LogP contribution in [0.4, 0.5) is 13.2 Å². The topological polar surface area (TPSA) is 75.7 Å². The summed E-state index contributed by atoms with van der Waals surface area (Å²) in [5, 5.41) is 0.329. The van der Waals surface area contributed by atoms with Gasteiger partial charge in [0.25, 0.3) is 0 Å². The van der Waals surface area contributed by atoms with Crippen LogP contribution in [0, 0.1) is 5.92 Å². The molecule has 0 saturated carbocycles. The van der Waals surface area contributed by atoms with Crippen LogP contribution in [0.2, 0.25) is 5.02 Å². The van der Waals surface area contributed by atoms with Crippen molar-refractivity contribution in [1.29, 1.82) is 0 Å². The molecular weight excluding hydrogens is 443 g/mol. The SMILES string of the molecule is CC(C)CC(=O)CCc1ccc(Cl)c(-c2nc(-c3ccc(C(F)(F)F)cc3)nc(=O)[nH]2)c1. The normalized spacial score (nSPS) is 11.7. The Morgan fingerprint density at radius 2 is 1.78 bits per heavy atom. The maximum Gasteiger partial charge on any atom is 0.416 e. The number of Topliss-reactive ketones (excluding diaryl/α,β-unsaturated/α-hetero) is 1. The van der Waals surface area contributed by atoms with Gasteiger partial charge >= 0.3 is 11.9 Å². The molecule has 0 amide bonds. The Morgan fingerprint density at radius 1 is 1.09 bits per heavy atom. The van der Waals surface area contributed by atoms with E-state index in [-0.39, 0.29) is 28.9 Å². The van der Waals surface area contributed by atoms with Crippen LogP contribution in [0.25, 0.3) is 22.8 Å². The Morgan fingerprint density at radius 3 is 2.41 bits per heavy atom. The summed E-state index contributed by atoms with van der Waals surface area (Å²) >= 11 is 6.31. The van der Waals surface area contributed by atoms with Gasteiger partial charge in [-0.3, -0.25) is 9.78 Å². The van der Waals surface area contributed by atoms with Gasteiger partial charge in [-0.1, -0.05) is 43.6 Å². The number of rotatable bonds is 7. The summed E-state index contributed by atoms with van der Waals surface area (Å²) in [4.78, 5) is 34.7. The summed E-state index contributed by atoms with van der Waals surface area (Å²) in [6, 6.07) is 9.41.